The number of imidazole rings is 1. The summed E-state index contributed by atoms with van der Waals surface area (Å²) in [6.07, 6.45) is 0. The molecule has 6 heteroatoms. The van der Waals surface area contributed by atoms with E-state index in [0.717, 1.165) is 20.4 Å². The van der Waals surface area contributed by atoms with Crippen LogP contribution in [0.3, 0.4) is 0 Å². The number of alkyl halides is 1. The standard InChI is InChI=1S/C14H12Br2N2OS/c1-17-10-4-3-8(5-11(10)18(2)14(17)19)13(16)9-6-12(15)20-7-9/h3-7,13H,1-2H3. The Kier molecular flexibility index (Phi) is 3.64. The molecule has 0 bridgehead atoms. The van der Waals surface area contributed by atoms with Gasteiger partial charge in [0.15, 0.2) is 0 Å². The predicted octanol–water partition coefficient (Wildman–Crippen LogP) is 4.19. The highest BCUT2D eigenvalue weighted by molar-refractivity contribution is 9.11. The van der Waals surface area contributed by atoms with Crippen LogP contribution in [-0.2, 0) is 14.1 Å². The Morgan fingerprint density at radius 2 is 1.80 bits per heavy atom. The number of aryl methyl sites for hydroxylation is 2. The lowest BCUT2D eigenvalue weighted by Crippen LogP contribution is -2.19. The second-order valence-electron chi connectivity index (χ2n) is 4.70. The smallest absolute Gasteiger partial charge is 0.295 e. The molecule has 20 heavy (non-hydrogen) atoms. The third kappa shape index (κ3) is 2.19. The Morgan fingerprint density at radius 1 is 1.10 bits per heavy atom. The Balaban J connectivity index is 2.14. The van der Waals surface area contributed by atoms with Gasteiger partial charge in [-0.05, 0) is 50.6 Å². The molecule has 0 aliphatic carbocycles. The van der Waals surface area contributed by atoms with Gasteiger partial charge < -0.3 is 0 Å². The number of fused-ring (bicyclic) bond motifs is 1. The average Bonchev–Trinajstić information content (AvgIpc) is 2.97. The molecule has 0 spiro atoms. The minimum Gasteiger partial charge on any atom is -0.295 e. The van der Waals surface area contributed by atoms with E-state index >= 15 is 0 Å². The van der Waals surface area contributed by atoms with Crippen LogP contribution in [0, 0.1) is 0 Å². The average molecular weight is 416 g/mol. The van der Waals surface area contributed by atoms with Crippen molar-refractivity contribution < 1.29 is 0 Å². The summed E-state index contributed by atoms with van der Waals surface area (Å²) < 4.78 is 4.47. The van der Waals surface area contributed by atoms with E-state index in [1.807, 2.05) is 6.07 Å². The van der Waals surface area contributed by atoms with E-state index in [2.05, 4.69) is 55.4 Å². The van der Waals surface area contributed by atoms with E-state index in [1.165, 1.54) is 5.56 Å². The van der Waals surface area contributed by atoms with Crippen molar-refractivity contribution in [1.82, 2.24) is 9.13 Å². The van der Waals surface area contributed by atoms with E-state index < -0.39 is 0 Å². The highest BCUT2D eigenvalue weighted by atomic mass is 79.9. The fraction of sp³-hybridized carbons (Fsp3) is 0.214. The molecule has 1 aromatic carbocycles. The largest absolute Gasteiger partial charge is 0.328 e. The second-order valence-corrected chi connectivity index (χ2v) is 7.90. The third-order valence-electron chi connectivity index (χ3n) is 3.47. The molecule has 0 aliphatic heterocycles. The van der Waals surface area contributed by atoms with Crippen LogP contribution in [0.2, 0.25) is 0 Å². The van der Waals surface area contributed by atoms with Crippen LogP contribution in [0.1, 0.15) is 16.0 Å². The number of aromatic nitrogens is 2. The number of hydrogen-bond acceptors (Lipinski definition) is 2. The Bertz CT molecular complexity index is 847. The van der Waals surface area contributed by atoms with Gasteiger partial charge in [0.2, 0.25) is 0 Å². The predicted molar refractivity (Wildman–Crippen MR) is 90.9 cm³/mol. The van der Waals surface area contributed by atoms with Crippen molar-refractivity contribution in [1.29, 1.82) is 0 Å². The molecule has 3 rings (SSSR count). The van der Waals surface area contributed by atoms with Gasteiger partial charge in [0.1, 0.15) is 0 Å². The lowest BCUT2D eigenvalue weighted by Gasteiger charge is -2.09. The highest BCUT2D eigenvalue weighted by Crippen LogP contribution is 2.36. The normalized spacial score (nSPS) is 13.0. The van der Waals surface area contributed by atoms with E-state index in [9.17, 15) is 4.79 Å². The van der Waals surface area contributed by atoms with Crippen molar-refractivity contribution >= 4 is 54.2 Å². The molecule has 1 atom stereocenters. The van der Waals surface area contributed by atoms with Crippen LogP contribution in [0.4, 0.5) is 0 Å². The first-order valence-corrected chi connectivity index (χ1v) is 8.61. The van der Waals surface area contributed by atoms with Crippen molar-refractivity contribution in [3.05, 3.63) is 55.0 Å². The molecule has 0 fully saturated rings. The lowest BCUT2D eigenvalue weighted by atomic mass is 10.1. The number of rotatable bonds is 2. The SMILES string of the molecule is Cn1c(=O)n(C)c2cc(C(Br)c3csc(Br)c3)ccc21. The van der Waals surface area contributed by atoms with E-state index in [1.54, 1.807) is 34.6 Å². The number of hydrogen-bond donors (Lipinski definition) is 0. The number of benzene rings is 1. The molecule has 0 N–H and O–H groups in total. The molecule has 2 aromatic heterocycles. The molecule has 0 saturated heterocycles. The summed E-state index contributed by atoms with van der Waals surface area (Å²) in [5.41, 5.74) is 4.26. The molecule has 0 saturated carbocycles. The zero-order valence-corrected chi connectivity index (χ0v) is 14.9. The van der Waals surface area contributed by atoms with Gasteiger partial charge in [-0.15, -0.1) is 11.3 Å². The van der Waals surface area contributed by atoms with Gasteiger partial charge in [-0.25, -0.2) is 4.79 Å². The monoisotopic (exact) mass is 414 g/mol. The van der Waals surface area contributed by atoms with Gasteiger partial charge in [-0.2, -0.15) is 0 Å². The fourth-order valence-electron chi connectivity index (χ4n) is 2.33. The molecule has 3 aromatic rings. The Labute approximate surface area is 137 Å². The molecule has 1 unspecified atom stereocenters. The van der Waals surface area contributed by atoms with Gasteiger partial charge in [-0.1, -0.05) is 22.0 Å². The molecule has 0 amide bonds. The molecular weight excluding hydrogens is 404 g/mol. The zero-order chi connectivity index (χ0) is 14.4. The summed E-state index contributed by atoms with van der Waals surface area (Å²) in [6.45, 7) is 0. The zero-order valence-electron chi connectivity index (χ0n) is 10.9. The maximum Gasteiger partial charge on any atom is 0.328 e. The van der Waals surface area contributed by atoms with Crippen LogP contribution in [-0.4, -0.2) is 9.13 Å². The molecular formula is C14H12Br2N2OS. The first-order chi connectivity index (χ1) is 9.49. The van der Waals surface area contributed by atoms with Crippen molar-refractivity contribution in [2.75, 3.05) is 0 Å². The maximum atomic E-state index is 12.0. The van der Waals surface area contributed by atoms with Crippen molar-refractivity contribution in [2.45, 2.75) is 4.83 Å². The molecule has 2 heterocycles. The van der Waals surface area contributed by atoms with Crippen LogP contribution >= 0.6 is 43.2 Å². The first kappa shape index (κ1) is 14.1. The van der Waals surface area contributed by atoms with Gasteiger partial charge >= 0.3 is 5.69 Å². The maximum absolute atomic E-state index is 12.0. The summed E-state index contributed by atoms with van der Waals surface area (Å²) >= 11 is 8.89. The number of thiophene rings is 1. The van der Waals surface area contributed by atoms with Gasteiger partial charge in [0.25, 0.3) is 0 Å². The number of nitrogens with zero attached hydrogens (tertiary/aromatic N) is 2. The lowest BCUT2D eigenvalue weighted by molar-refractivity contribution is 0.795. The van der Waals surface area contributed by atoms with Gasteiger partial charge in [0, 0.05) is 14.1 Å². The van der Waals surface area contributed by atoms with Gasteiger partial charge in [-0.3, -0.25) is 9.13 Å². The van der Waals surface area contributed by atoms with E-state index in [-0.39, 0.29) is 10.5 Å². The molecule has 3 nitrogen and oxygen atoms in total. The Hall–Kier alpha value is -0.850. The molecule has 0 radical (unpaired) electrons. The van der Waals surface area contributed by atoms with Crippen LogP contribution in [0.25, 0.3) is 11.0 Å². The van der Waals surface area contributed by atoms with E-state index in [4.69, 9.17) is 0 Å². The summed E-state index contributed by atoms with van der Waals surface area (Å²) in [7, 11) is 3.60. The molecule has 104 valence electrons. The highest BCUT2D eigenvalue weighted by Gasteiger charge is 2.15. The third-order valence-corrected chi connectivity index (χ3v) is 6.05. The quantitative estimate of drug-likeness (QED) is 0.576. The van der Waals surface area contributed by atoms with Crippen molar-refractivity contribution in [3.8, 4) is 0 Å². The fourth-order valence-corrected chi connectivity index (χ4v) is 4.26. The number of halogens is 2. The Morgan fingerprint density at radius 3 is 2.45 bits per heavy atom. The summed E-state index contributed by atoms with van der Waals surface area (Å²) in [6, 6.07) is 8.24. The van der Waals surface area contributed by atoms with Crippen LogP contribution in [0.5, 0.6) is 0 Å². The topological polar surface area (TPSA) is 26.9 Å². The second kappa shape index (κ2) is 5.16. The van der Waals surface area contributed by atoms with E-state index in [0.29, 0.717) is 0 Å². The summed E-state index contributed by atoms with van der Waals surface area (Å²) in [5, 5.41) is 2.12. The summed E-state index contributed by atoms with van der Waals surface area (Å²) in [4.78, 5) is 12.1. The van der Waals surface area contributed by atoms with Crippen molar-refractivity contribution in [3.63, 3.8) is 0 Å². The minimum atomic E-state index is 0.00144. The van der Waals surface area contributed by atoms with Gasteiger partial charge in [0.05, 0.1) is 19.6 Å². The van der Waals surface area contributed by atoms with Crippen LogP contribution in [0.15, 0.2) is 38.2 Å². The minimum absolute atomic E-state index is 0.00144. The molecule has 0 aliphatic rings. The summed E-state index contributed by atoms with van der Waals surface area (Å²) in [5.74, 6) is 0. The van der Waals surface area contributed by atoms with Crippen LogP contribution < -0.4 is 5.69 Å². The van der Waals surface area contributed by atoms with Crippen molar-refractivity contribution in [2.24, 2.45) is 14.1 Å². The first-order valence-electron chi connectivity index (χ1n) is 6.02.